The van der Waals surface area contributed by atoms with Gasteiger partial charge < -0.3 is 15.7 Å². The number of nitrogens with one attached hydrogen (secondary N) is 2. The summed E-state index contributed by atoms with van der Waals surface area (Å²) in [5.74, 6) is -0.631. The second-order valence-corrected chi connectivity index (χ2v) is 12.7. The predicted octanol–water partition coefficient (Wildman–Crippen LogP) is 5.43. The van der Waals surface area contributed by atoms with Crippen molar-refractivity contribution in [1.29, 1.82) is 0 Å². The molecule has 10 nitrogen and oxygen atoms in total. The highest BCUT2D eigenvalue weighted by Gasteiger charge is 2.24. The number of nitro groups is 1. The van der Waals surface area contributed by atoms with Crippen molar-refractivity contribution in [3.05, 3.63) is 88.0 Å². The number of aryl methyl sites for hydroxylation is 1. The lowest BCUT2D eigenvalue weighted by atomic mass is 10.0. The molecule has 0 aliphatic heterocycles. The molecule has 2 unspecified atom stereocenters. The highest BCUT2D eigenvalue weighted by Crippen LogP contribution is 2.21. The van der Waals surface area contributed by atoms with Crippen molar-refractivity contribution < 1.29 is 24.4 Å². The number of hydrogen-bond donors (Lipinski definition) is 3. The summed E-state index contributed by atoms with van der Waals surface area (Å²) in [5.41, 5.74) is 2.00. The van der Waals surface area contributed by atoms with Gasteiger partial charge in [-0.2, -0.15) is 11.8 Å². The van der Waals surface area contributed by atoms with E-state index in [0.29, 0.717) is 50.9 Å². The summed E-state index contributed by atoms with van der Waals surface area (Å²) >= 11 is 1.53. The monoisotopic (exact) mass is 636 g/mol. The van der Waals surface area contributed by atoms with Crippen LogP contribution >= 0.6 is 11.8 Å². The van der Waals surface area contributed by atoms with Crippen LogP contribution in [-0.2, 0) is 27.3 Å². The highest BCUT2D eigenvalue weighted by molar-refractivity contribution is 7.98. The minimum atomic E-state index is -1.06. The van der Waals surface area contributed by atoms with Crippen LogP contribution in [0.1, 0.15) is 50.7 Å². The Morgan fingerprint density at radius 2 is 1.69 bits per heavy atom. The average Bonchev–Trinajstić information content (AvgIpc) is 2.99. The topological polar surface area (TPSA) is 142 Å². The van der Waals surface area contributed by atoms with Crippen LogP contribution in [-0.4, -0.2) is 69.9 Å². The van der Waals surface area contributed by atoms with Gasteiger partial charge in [0.25, 0.3) is 5.69 Å². The van der Waals surface area contributed by atoms with Crippen molar-refractivity contribution >= 4 is 46.0 Å². The standard InChI is InChI=1S/C34H44N4O6S/c1-24(2)20-28(35-32(39)13-6-8-25-14-16-29(17-15-25)38(43)44)22-37(23-33(40)36-31(34(41)42)18-19-45-3)21-27-11-7-10-26-9-4-5-12-30(26)27/h4-5,7,9-12,14-17,24,28,31H,6,8,13,18-23H2,1-3H3,(H,35,39)(H,36,40)(H,41,42). The summed E-state index contributed by atoms with van der Waals surface area (Å²) in [7, 11) is 0. The number of carboxylic acid groups (broad SMARTS) is 1. The molecular weight excluding hydrogens is 592 g/mol. The Kier molecular flexibility index (Phi) is 14.3. The Bertz CT molecular complexity index is 1430. The Labute approximate surface area is 269 Å². The van der Waals surface area contributed by atoms with Crippen LogP contribution in [0.2, 0.25) is 0 Å². The third-order valence-electron chi connectivity index (χ3n) is 7.50. The lowest BCUT2D eigenvalue weighted by Gasteiger charge is -2.29. The molecule has 0 radical (unpaired) electrons. The minimum Gasteiger partial charge on any atom is -0.480 e. The van der Waals surface area contributed by atoms with Gasteiger partial charge in [0.2, 0.25) is 11.8 Å². The van der Waals surface area contributed by atoms with Crippen LogP contribution in [0.4, 0.5) is 5.69 Å². The minimum absolute atomic E-state index is 0.0170. The summed E-state index contributed by atoms with van der Waals surface area (Å²) in [4.78, 5) is 50.5. The number of non-ortho nitro benzene ring substituents is 1. The Balaban J connectivity index is 1.72. The van der Waals surface area contributed by atoms with Gasteiger partial charge in [-0.15, -0.1) is 0 Å². The fourth-order valence-electron chi connectivity index (χ4n) is 5.39. The molecule has 242 valence electrons. The zero-order chi connectivity index (χ0) is 32.8. The molecule has 3 N–H and O–H groups in total. The van der Waals surface area contributed by atoms with Gasteiger partial charge in [0.15, 0.2) is 0 Å². The van der Waals surface area contributed by atoms with Crippen LogP contribution in [0.25, 0.3) is 10.8 Å². The first-order valence-electron chi connectivity index (χ1n) is 15.3. The maximum absolute atomic E-state index is 13.2. The van der Waals surface area contributed by atoms with Crippen molar-refractivity contribution in [2.24, 2.45) is 5.92 Å². The zero-order valence-electron chi connectivity index (χ0n) is 26.2. The molecule has 0 bridgehead atoms. The Morgan fingerprint density at radius 3 is 2.36 bits per heavy atom. The Hall–Kier alpha value is -3.96. The van der Waals surface area contributed by atoms with E-state index < -0.39 is 16.9 Å². The molecule has 0 aliphatic carbocycles. The molecule has 3 aromatic rings. The van der Waals surface area contributed by atoms with Crippen molar-refractivity contribution in [2.75, 3.05) is 25.1 Å². The molecule has 0 heterocycles. The van der Waals surface area contributed by atoms with E-state index in [4.69, 9.17) is 0 Å². The first-order chi connectivity index (χ1) is 21.5. The molecule has 11 heteroatoms. The second kappa shape index (κ2) is 18.1. The summed E-state index contributed by atoms with van der Waals surface area (Å²) in [6, 6.07) is 19.3. The maximum Gasteiger partial charge on any atom is 0.326 e. The lowest BCUT2D eigenvalue weighted by molar-refractivity contribution is -0.384. The van der Waals surface area contributed by atoms with Gasteiger partial charge in [-0.3, -0.25) is 24.6 Å². The van der Waals surface area contributed by atoms with Crippen molar-refractivity contribution in [3.63, 3.8) is 0 Å². The van der Waals surface area contributed by atoms with E-state index in [1.165, 1.54) is 23.9 Å². The number of rotatable bonds is 19. The average molecular weight is 637 g/mol. The van der Waals surface area contributed by atoms with Gasteiger partial charge >= 0.3 is 5.97 Å². The van der Waals surface area contributed by atoms with E-state index in [-0.39, 0.29) is 36.0 Å². The normalized spacial score (nSPS) is 12.6. The largest absolute Gasteiger partial charge is 0.480 e. The summed E-state index contributed by atoms with van der Waals surface area (Å²) < 4.78 is 0. The third kappa shape index (κ3) is 12.2. The van der Waals surface area contributed by atoms with Gasteiger partial charge in [-0.1, -0.05) is 68.4 Å². The smallest absolute Gasteiger partial charge is 0.326 e. The van der Waals surface area contributed by atoms with Gasteiger partial charge in [-0.05, 0) is 65.5 Å². The van der Waals surface area contributed by atoms with Gasteiger partial charge in [-0.25, -0.2) is 4.79 Å². The SMILES string of the molecule is CSCCC(NC(=O)CN(Cc1cccc2ccccc12)CC(CC(C)C)NC(=O)CCCc1ccc([N+](=O)[O-])cc1)C(=O)O. The number of amides is 2. The van der Waals surface area contributed by atoms with E-state index in [0.717, 1.165) is 21.9 Å². The molecule has 2 atom stereocenters. The quantitative estimate of drug-likeness (QED) is 0.117. The number of thioether (sulfide) groups is 1. The summed E-state index contributed by atoms with van der Waals surface area (Å²) in [5, 5.41) is 28.6. The molecule has 0 aromatic heterocycles. The number of benzene rings is 3. The van der Waals surface area contributed by atoms with Crippen molar-refractivity contribution in [1.82, 2.24) is 15.5 Å². The number of fused-ring (bicyclic) bond motifs is 1. The number of nitrogens with zero attached hydrogens (tertiary/aromatic N) is 2. The van der Waals surface area contributed by atoms with E-state index in [2.05, 4.69) is 24.5 Å². The molecule has 45 heavy (non-hydrogen) atoms. The van der Waals surface area contributed by atoms with Crippen molar-refractivity contribution in [2.45, 2.75) is 64.6 Å². The van der Waals surface area contributed by atoms with E-state index in [1.807, 2.05) is 53.6 Å². The number of carbonyl (C=O) groups is 3. The molecule has 0 fully saturated rings. The molecule has 0 aliphatic rings. The molecule has 2 amide bonds. The first kappa shape index (κ1) is 35.5. The summed E-state index contributed by atoms with van der Waals surface area (Å²) in [6.45, 7) is 5.00. The molecule has 3 aromatic carbocycles. The van der Waals surface area contributed by atoms with Crippen LogP contribution in [0.3, 0.4) is 0 Å². The molecule has 3 rings (SSSR count). The fourth-order valence-corrected chi connectivity index (χ4v) is 5.86. The highest BCUT2D eigenvalue weighted by atomic mass is 32.2. The van der Waals surface area contributed by atoms with Crippen LogP contribution in [0, 0.1) is 16.0 Å². The van der Waals surface area contributed by atoms with Gasteiger partial charge in [0.05, 0.1) is 11.5 Å². The van der Waals surface area contributed by atoms with Crippen LogP contribution < -0.4 is 10.6 Å². The first-order valence-corrected chi connectivity index (χ1v) is 16.7. The summed E-state index contributed by atoms with van der Waals surface area (Å²) in [6.07, 6.45) is 4.43. The van der Waals surface area contributed by atoms with E-state index in [9.17, 15) is 29.6 Å². The zero-order valence-corrected chi connectivity index (χ0v) is 27.1. The molecule has 0 spiro atoms. The molecule has 0 saturated carbocycles. The predicted molar refractivity (Wildman–Crippen MR) is 179 cm³/mol. The van der Waals surface area contributed by atoms with Gasteiger partial charge in [0.1, 0.15) is 6.04 Å². The maximum atomic E-state index is 13.2. The fraction of sp³-hybridized carbons (Fsp3) is 0.441. The lowest BCUT2D eigenvalue weighted by Crippen LogP contribution is -2.49. The second-order valence-electron chi connectivity index (χ2n) is 11.7. The van der Waals surface area contributed by atoms with E-state index in [1.54, 1.807) is 12.1 Å². The van der Waals surface area contributed by atoms with Gasteiger partial charge in [0, 0.05) is 37.7 Å². The molecule has 0 saturated heterocycles. The van der Waals surface area contributed by atoms with Crippen LogP contribution in [0.5, 0.6) is 0 Å². The van der Waals surface area contributed by atoms with Crippen LogP contribution in [0.15, 0.2) is 66.7 Å². The van der Waals surface area contributed by atoms with E-state index >= 15 is 0 Å². The number of carbonyl (C=O) groups excluding carboxylic acids is 2. The number of hydrogen-bond acceptors (Lipinski definition) is 7. The number of carboxylic acids is 1. The number of nitro benzene ring substituents is 1. The number of aliphatic carboxylic acids is 1. The van der Waals surface area contributed by atoms with Crippen molar-refractivity contribution in [3.8, 4) is 0 Å². The molecular formula is C34H44N4O6S. The third-order valence-corrected chi connectivity index (χ3v) is 8.15. The Morgan fingerprint density at radius 1 is 0.978 bits per heavy atom.